The van der Waals surface area contributed by atoms with Crippen LogP contribution in [0.5, 0.6) is 0 Å². The Morgan fingerprint density at radius 1 is 0.576 bits per heavy atom. The molecule has 0 aromatic heterocycles. The predicted molar refractivity (Wildman–Crippen MR) is 130 cm³/mol. The van der Waals surface area contributed by atoms with Crippen LogP contribution in [0.3, 0.4) is 0 Å². The van der Waals surface area contributed by atoms with Crippen molar-refractivity contribution in [1.29, 1.82) is 10.5 Å². The Balaban J connectivity index is 1.95. The van der Waals surface area contributed by atoms with Crippen LogP contribution < -0.4 is 0 Å². The lowest BCUT2D eigenvalue weighted by atomic mass is 9.76. The average molecular weight is 423 g/mol. The molecule has 0 saturated heterocycles. The molecule has 1 aliphatic rings. The van der Waals surface area contributed by atoms with E-state index in [0.29, 0.717) is 0 Å². The molecule has 0 radical (unpaired) electrons. The Bertz CT molecular complexity index is 1310. The smallest absolute Gasteiger partial charge is 0.126 e. The summed E-state index contributed by atoms with van der Waals surface area (Å²) in [5.41, 5.74) is 3.67. The molecule has 0 N–H and O–H groups in total. The van der Waals surface area contributed by atoms with Crippen molar-refractivity contribution in [1.82, 2.24) is 0 Å². The van der Waals surface area contributed by atoms with E-state index in [-0.39, 0.29) is 11.5 Å². The third-order valence-corrected chi connectivity index (χ3v) is 6.91. The number of rotatable bonds is 5. The molecule has 2 nitrogen and oxygen atoms in total. The third kappa shape index (κ3) is 3.00. The summed E-state index contributed by atoms with van der Waals surface area (Å²) in [5, 5.41) is 19.6. The van der Waals surface area contributed by atoms with E-state index in [9.17, 15) is 10.5 Å². The molecule has 1 saturated carbocycles. The number of hydrogen-bond donors (Lipinski definition) is 0. The van der Waals surface area contributed by atoms with E-state index in [2.05, 4.69) is 97.1 Å². The lowest BCUT2D eigenvalue weighted by Crippen LogP contribution is -2.23. The number of hydrogen-bond acceptors (Lipinski definition) is 2. The maximum absolute atomic E-state index is 9.79. The number of nitriles is 2. The van der Waals surface area contributed by atoms with Gasteiger partial charge in [-0.15, -0.1) is 0 Å². The highest BCUT2D eigenvalue weighted by atomic mass is 14.8. The zero-order chi connectivity index (χ0) is 22.7. The minimum Gasteiger partial charge on any atom is -0.192 e. The summed E-state index contributed by atoms with van der Waals surface area (Å²) >= 11 is 0. The van der Waals surface area contributed by atoms with Gasteiger partial charge in [0.15, 0.2) is 0 Å². The van der Waals surface area contributed by atoms with Gasteiger partial charge in [0.05, 0.1) is 0 Å². The topological polar surface area (TPSA) is 47.6 Å². The fraction of sp³-hybridized carbons (Fsp3) is 0.0968. The molecule has 1 aliphatic carbocycles. The van der Waals surface area contributed by atoms with E-state index < -0.39 is 10.8 Å². The average Bonchev–Trinajstić information content (AvgIpc) is 3.54. The Morgan fingerprint density at radius 3 is 1.39 bits per heavy atom. The molecule has 2 heteroatoms. The molecule has 2 atom stereocenters. The number of nitrogens with zero attached hydrogens (tertiary/aromatic N) is 2. The van der Waals surface area contributed by atoms with Crippen LogP contribution in [0.15, 0.2) is 133 Å². The molecule has 1 fully saturated rings. The van der Waals surface area contributed by atoms with Gasteiger partial charge in [0, 0.05) is 16.7 Å². The first-order valence-corrected chi connectivity index (χ1v) is 11.0. The summed E-state index contributed by atoms with van der Waals surface area (Å²) in [6, 6.07) is 46.0. The van der Waals surface area contributed by atoms with Crippen LogP contribution in [-0.4, -0.2) is 0 Å². The van der Waals surface area contributed by atoms with Crippen LogP contribution in [0.1, 0.15) is 28.2 Å². The van der Waals surface area contributed by atoms with Crippen molar-refractivity contribution in [2.75, 3.05) is 0 Å². The Hall–Kier alpha value is -4.40. The molecule has 0 unspecified atom stereocenters. The van der Waals surface area contributed by atoms with Crippen LogP contribution in [0.4, 0.5) is 0 Å². The van der Waals surface area contributed by atoms with Crippen molar-refractivity contribution < 1.29 is 0 Å². The van der Waals surface area contributed by atoms with E-state index in [1.165, 1.54) is 16.7 Å². The monoisotopic (exact) mass is 422 g/mol. The van der Waals surface area contributed by atoms with E-state index in [0.717, 1.165) is 5.56 Å². The summed E-state index contributed by atoms with van der Waals surface area (Å²) in [7, 11) is 0. The van der Waals surface area contributed by atoms with Gasteiger partial charge in [0.1, 0.15) is 17.7 Å². The van der Waals surface area contributed by atoms with E-state index in [1.807, 2.05) is 42.5 Å². The first-order valence-electron chi connectivity index (χ1n) is 11.0. The van der Waals surface area contributed by atoms with E-state index in [1.54, 1.807) is 0 Å². The van der Waals surface area contributed by atoms with Gasteiger partial charge in [-0.3, -0.25) is 0 Å². The second-order valence-electron chi connectivity index (χ2n) is 8.40. The maximum Gasteiger partial charge on any atom is 0.126 e. The maximum atomic E-state index is 9.79. The van der Waals surface area contributed by atoms with Crippen LogP contribution in [-0.2, 0) is 10.8 Å². The Labute approximate surface area is 194 Å². The summed E-state index contributed by atoms with van der Waals surface area (Å²) in [5.74, 6) is 0.00935. The zero-order valence-electron chi connectivity index (χ0n) is 18.1. The normalized spacial score (nSPS) is 20.1. The van der Waals surface area contributed by atoms with Gasteiger partial charge in [-0.2, -0.15) is 10.5 Å². The lowest BCUT2D eigenvalue weighted by molar-refractivity contribution is 0.708. The van der Waals surface area contributed by atoms with Crippen LogP contribution in [0.2, 0.25) is 0 Å². The molecule has 0 spiro atoms. The van der Waals surface area contributed by atoms with Gasteiger partial charge in [0.25, 0.3) is 0 Å². The summed E-state index contributed by atoms with van der Waals surface area (Å²) in [4.78, 5) is 0. The molecule has 0 bridgehead atoms. The van der Waals surface area contributed by atoms with Gasteiger partial charge in [-0.05, 0) is 28.3 Å². The number of allylic oxidation sites excluding steroid dienone is 2. The van der Waals surface area contributed by atoms with Crippen molar-refractivity contribution >= 4 is 0 Å². The fourth-order valence-electron chi connectivity index (χ4n) is 5.74. The highest BCUT2D eigenvalue weighted by Crippen LogP contribution is 2.78. The molecule has 0 heterocycles. The predicted octanol–water partition coefficient (Wildman–Crippen LogP) is 6.68. The fourth-order valence-corrected chi connectivity index (χ4v) is 5.74. The van der Waals surface area contributed by atoms with Crippen molar-refractivity contribution in [3.63, 3.8) is 0 Å². The highest BCUT2D eigenvalue weighted by Gasteiger charge is 2.77. The van der Waals surface area contributed by atoms with Gasteiger partial charge in [-0.1, -0.05) is 121 Å². The lowest BCUT2D eigenvalue weighted by Gasteiger charge is -2.25. The molecule has 4 aromatic carbocycles. The molecular formula is C31H22N2. The standard InChI is InChI=1S/C31H22N2/c32-22-24(23-33)21-30(26-15-7-2-8-16-26)29(25-13-5-1-6-14-25)31(30,27-17-9-3-10-18-27)28-19-11-4-12-20-28/h1-21,29H/t29-,30-/m1/s1. The summed E-state index contributed by atoms with van der Waals surface area (Å²) in [6.45, 7) is 0. The van der Waals surface area contributed by atoms with Crippen molar-refractivity contribution in [3.8, 4) is 12.1 Å². The molecule has 33 heavy (non-hydrogen) atoms. The van der Waals surface area contributed by atoms with Gasteiger partial charge >= 0.3 is 0 Å². The van der Waals surface area contributed by atoms with Crippen LogP contribution in [0, 0.1) is 22.7 Å². The van der Waals surface area contributed by atoms with E-state index in [4.69, 9.17) is 0 Å². The molecule has 156 valence electrons. The van der Waals surface area contributed by atoms with Gasteiger partial charge < -0.3 is 0 Å². The third-order valence-electron chi connectivity index (χ3n) is 6.91. The quantitative estimate of drug-likeness (QED) is 0.337. The zero-order valence-corrected chi connectivity index (χ0v) is 18.1. The first kappa shape index (κ1) is 20.5. The molecule has 4 aromatic rings. The van der Waals surface area contributed by atoms with Gasteiger partial charge in [-0.25, -0.2) is 0 Å². The second-order valence-corrected chi connectivity index (χ2v) is 8.40. The van der Waals surface area contributed by atoms with Crippen LogP contribution >= 0.6 is 0 Å². The second kappa shape index (κ2) is 8.27. The minimum absolute atomic E-state index is 0.00935. The molecular weight excluding hydrogens is 400 g/mol. The molecule has 5 rings (SSSR count). The molecule has 0 aliphatic heterocycles. The molecule has 0 amide bonds. The van der Waals surface area contributed by atoms with Crippen LogP contribution in [0.25, 0.3) is 0 Å². The van der Waals surface area contributed by atoms with Crippen molar-refractivity contribution in [3.05, 3.63) is 155 Å². The number of benzene rings is 4. The first-order chi connectivity index (χ1) is 16.3. The Kier molecular flexibility index (Phi) is 5.14. The van der Waals surface area contributed by atoms with Crippen molar-refractivity contribution in [2.45, 2.75) is 16.7 Å². The Morgan fingerprint density at radius 2 is 0.970 bits per heavy atom. The largest absolute Gasteiger partial charge is 0.192 e. The summed E-state index contributed by atoms with van der Waals surface area (Å²) < 4.78 is 0. The van der Waals surface area contributed by atoms with E-state index >= 15 is 0 Å². The highest BCUT2D eigenvalue weighted by molar-refractivity contribution is 5.71. The van der Waals surface area contributed by atoms with Gasteiger partial charge in [0.2, 0.25) is 0 Å². The minimum atomic E-state index is -0.598. The SMILES string of the molecule is N#CC(C#N)=C[C@@]1(c2ccccc2)[C@@H](c2ccccc2)C1(c1ccccc1)c1ccccc1. The summed E-state index contributed by atoms with van der Waals surface area (Å²) in [6.07, 6.45) is 1.92. The van der Waals surface area contributed by atoms with Crippen molar-refractivity contribution in [2.24, 2.45) is 0 Å².